The molecule has 0 heterocycles. The number of benzene rings is 2. The van der Waals surface area contributed by atoms with Crippen LogP contribution in [0, 0.1) is 0 Å². The number of aliphatic hydroxyl groups excluding tert-OH is 1. The van der Waals surface area contributed by atoms with Crippen LogP contribution in [0.15, 0.2) is 36.4 Å². The number of aliphatic hydroxyl groups is 1. The molecule has 0 aliphatic heterocycles. The van der Waals surface area contributed by atoms with E-state index in [1.54, 1.807) is 18.2 Å². The number of nitrogens with two attached hydrogens (primary N) is 1. The molecule has 31 heavy (non-hydrogen) atoms. The Morgan fingerprint density at radius 1 is 1.06 bits per heavy atom. The number of unbranched alkanes of at least 4 members (excludes halogenated alkanes) is 4. The van der Waals surface area contributed by atoms with Crippen LogP contribution in [0.5, 0.6) is 5.75 Å². The van der Waals surface area contributed by atoms with Crippen LogP contribution in [-0.2, 0) is 11.2 Å². The van der Waals surface area contributed by atoms with E-state index in [1.165, 1.54) is 0 Å². The largest absolute Gasteiger partial charge is 0.493 e. The van der Waals surface area contributed by atoms with Gasteiger partial charge in [0.2, 0.25) is 0 Å². The summed E-state index contributed by atoms with van der Waals surface area (Å²) in [5.41, 5.74) is 7.37. The normalized spacial score (nSPS) is 12.0. The highest BCUT2D eigenvalue weighted by Gasteiger charge is 2.12. The third-order valence-corrected chi connectivity index (χ3v) is 5.52. The Kier molecular flexibility index (Phi) is 10.9. The van der Waals surface area contributed by atoms with Gasteiger partial charge in [0, 0.05) is 12.1 Å². The number of hydrogen-bond acceptors (Lipinski definition) is 5. The van der Waals surface area contributed by atoms with Gasteiger partial charge in [-0.05, 0) is 43.1 Å². The summed E-state index contributed by atoms with van der Waals surface area (Å²) in [5.74, 6) is -0.213. The van der Waals surface area contributed by atoms with E-state index in [1.807, 2.05) is 18.2 Å². The lowest BCUT2D eigenvalue weighted by molar-refractivity contribution is -0.136. The number of carboxylic acid groups (broad SMARTS) is 1. The first kappa shape index (κ1) is 25.3. The number of halogens is 2. The van der Waals surface area contributed by atoms with Crippen molar-refractivity contribution < 1.29 is 19.7 Å². The van der Waals surface area contributed by atoms with Crippen molar-refractivity contribution >= 4 is 34.9 Å². The van der Waals surface area contributed by atoms with Crippen molar-refractivity contribution in [2.24, 2.45) is 0 Å². The van der Waals surface area contributed by atoms with E-state index < -0.39 is 12.1 Å². The Morgan fingerprint density at radius 2 is 1.71 bits per heavy atom. The van der Waals surface area contributed by atoms with Crippen LogP contribution in [0.2, 0.25) is 10.0 Å². The number of carbonyl (C=O) groups is 1. The number of rotatable bonds is 14. The van der Waals surface area contributed by atoms with Gasteiger partial charge in [-0.1, -0.05) is 60.7 Å². The minimum Gasteiger partial charge on any atom is -0.493 e. The second-order valence-corrected chi connectivity index (χ2v) is 8.23. The molecule has 0 saturated carbocycles. The molecule has 0 aliphatic carbocycles. The third kappa shape index (κ3) is 8.95. The molecule has 0 radical (unpaired) electrons. The molecule has 1 unspecified atom stereocenters. The fourth-order valence-corrected chi connectivity index (χ4v) is 3.67. The van der Waals surface area contributed by atoms with Crippen molar-refractivity contribution in [1.29, 1.82) is 0 Å². The maximum atomic E-state index is 10.9. The minimum atomic E-state index is -0.863. The predicted octanol–water partition coefficient (Wildman–Crippen LogP) is 4.86. The lowest BCUT2D eigenvalue weighted by Gasteiger charge is -2.14. The molecule has 0 fully saturated rings. The molecule has 2 aromatic rings. The molecule has 2 rings (SSSR count). The molecule has 1 atom stereocenters. The van der Waals surface area contributed by atoms with E-state index in [4.69, 9.17) is 38.8 Å². The number of nitrogen functional groups attached to an aromatic ring is 1. The second-order valence-electron chi connectivity index (χ2n) is 7.41. The topological polar surface area (TPSA) is 105 Å². The van der Waals surface area contributed by atoms with E-state index in [2.05, 4.69) is 5.32 Å². The number of hydrogen-bond donors (Lipinski definition) is 4. The molecular formula is C23H30Cl2N2O4. The van der Waals surface area contributed by atoms with Crippen LogP contribution in [0.1, 0.15) is 49.3 Å². The predicted molar refractivity (Wildman–Crippen MR) is 125 cm³/mol. The summed E-state index contributed by atoms with van der Waals surface area (Å²) in [7, 11) is 0. The van der Waals surface area contributed by atoms with Crippen molar-refractivity contribution in [1.82, 2.24) is 5.32 Å². The lowest BCUT2D eigenvalue weighted by Crippen LogP contribution is -2.22. The molecule has 0 aliphatic rings. The molecular weight excluding hydrogens is 439 g/mol. The Bertz CT molecular complexity index is 825. The highest BCUT2D eigenvalue weighted by Crippen LogP contribution is 2.31. The average Bonchev–Trinajstić information content (AvgIpc) is 2.73. The number of anilines is 1. The highest BCUT2D eigenvalue weighted by molar-refractivity contribution is 6.38. The van der Waals surface area contributed by atoms with Gasteiger partial charge in [-0.2, -0.15) is 0 Å². The Balaban J connectivity index is 1.53. The van der Waals surface area contributed by atoms with Gasteiger partial charge in [0.05, 0.1) is 34.9 Å². The summed E-state index contributed by atoms with van der Waals surface area (Å²) in [6, 6.07) is 10.5. The summed E-state index contributed by atoms with van der Waals surface area (Å²) in [6.45, 7) is 1.81. The van der Waals surface area contributed by atoms with Gasteiger partial charge in [-0.25, -0.2) is 0 Å². The quantitative estimate of drug-likeness (QED) is 0.233. The van der Waals surface area contributed by atoms with E-state index in [0.29, 0.717) is 45.8 Å². The number of nitrogens with one attached hydrogen (secondary N) is 1. The van der Waals surface area contributed by atoms with Crippen molar-refractivity contribution in [2.45, 2.75) is 44.6 Å². The molecule has 8 heteroatoms. The monoisotopic (exact) mass is 468 g/mol. The van der Waals surface area contributed by atoms with E-state index in [0.717, 1.165) is 38.6 Å². The van der Waals surface area contributed by atoms with Gasteiger partial charge >= 0.3 is 5.97 Å². The maximum Gasteiger partial charge on any atom is 0.307 e. The molecule has 0 spiro atoms. The number of para-hydroxylation sites is 1. The van der Waals surface area contributed by atoms with Crippen LogP contribution < -0.4 is 15.8 Å². The van der Waals surface area contributed by atoms with E-state index in [9.17, 15) is 9.90 Å². The zero-order valence-corrected chi connectivity index (χ0v) is 19.0. The van der Waals surface area contributed by atoms with E-state index >= 15 is 0 Å². The van der Waals surface area contributed by atoms with Gasteiger partial charge in [0.1, 0.15) is 5.75 Å². The van der Waals surface area contributed by atoms with Gasteiger partial charge < -0.3 is 26.0 Å². The SMILES string of the molecule is Nc1c(Cl)cc(C(O)CNCCCCCCCOc2ccccc2CC(=O)O)cc1Cl. The molecule has 170 valence electrons. The molecule has 6 nitrogen and oxygen atoms in total. The fraction of sp³-hybridized carbons (Fsp3) is 0.435. The lowest BCUT2D eigenvalue weighted by atomic mass is 10.1. The zero-order valence-electron chi connectivity index (χ0n) is 17.4. The summed E-state index contributed by atoms with van der Waals surface area (Å²) in [5, 5.41) is 23.1. The summed E-state index contributed by atoms with van der Waals surface area (Å²) in [6.07, 6.45) is 4.43. The smallest absolute Gasteiger partial charge is 0.307 e. The number of ether oxygens (including phenoxy) is 1. The molecule has 2 aromatic carbocycles. The van der Waals surface area contributed by atoms with Crippen LogP contribution >= 0.6 is 23.2 Å². The van der Waals surface area contributed by atoms with Gasteiger partial charge in [-0.3, -0.25) is 4.79 Å². The van der Waals surface area contributed by atoms with Crippen molar-refractivity contribution in [2.75, 3.05) is 25.4 Å². The minimum absolute atomic E-state index is 0.0315. The molecule has 0 saturated heterocycles. The molecule has 5 N–H and O–H groups in total. The van der Waals surface area contributed by atoms with Crippen LogP contribution in [-0.4, -0.2) is 35.9 Å². The van der Waals surface area contributed by atoms with Crippen LogP contribution in [0.25, 0.3) is 0 Å². The van der Waals surface area contributed by atoms with Gasteiger partial charge in [0.15, 0.2) is 0 Å². The molecule has 0 amide bonds. The van der Waals surface area contributed by atoms with Crippen molar-refractivity contribution in [3.05, 3.63) is 57.6 Å². The first-order valence-corrected chi connectivity index (χ1v) is 11.2. The average molecular weight is 469 g/mol. The van der Waals surface area contributed by atoms with Crippen molar-refractivity contribution in [3.63, 3.8) is 0 Å². The Morgan fingerprint density at radius 3 is 2.42 bits per heavy atom. The zero-order chi connectivity index (χ0) is 22.6. The van der Waals surface area contributed by atoms with Crippen LogP contribution in [0.4, 0.5) is 5.69 Å². The number of aliphatic carboxylic acids is 1. The Labute approximate surface area is 193 Å². The molecule has 0 bridgehead atoms. The maximum absolute atomic E-state index is 10.9. The summed E-state index contributed by atoms with van der Waals surface area (Å²) >= 11 is 12.0. The first-order valence-electron chi connectivity index (χ1n) is 10.4. The summed E-state index contributed by atoms with van der Waals surface area (Å²) in [4.78, 5) is 10.9. The third-order valence-electron chi connectivity index (χ3n) is 4.89. The molecule has 0 aromatic heterocycles. The van der Waals surface area contributed by atoms with E-state index in [-0.39, 0.29) is 6.42 Å². The fourth-order valence-electron chi connectivity index (χ4n) is 3.17. The van der Waals surface area contributed by atoms with Crippen molar-refractivity contribution in [3.8, 4) is 5.75 Å². The highest BCUT2D eigenvalue weighted by atomic mass is 35.5. The summed E-state index contributed by atoms with van der Waals surface area (Å²) < 4.78 is 5.75. The second kappa shape index (κ2) is 13.4. The number of carboxylic acids is 1. The Hall–Kier alpha value is -1.99. The van der Waals surface area contributed by atoms with Crippen LogP contribution in [0.3, 0.4) is 0 Å². The standard InChI is InChI=1S/C23H30Cl2N2O4/c24-18-12-17(13-19(25)23(18)26)20(28)15-27-10-6-2-1-3-7-11-31-21-9-5-4-8-16(21)14-22(29)30/h4-5,8-9,12-13,20,27-28H,1-3,6-7,10-11,14-15,26H2,(H,29,30). The van der Waals surface area contributed by atoms with Gasteiger partial charge in [-0.15, -0.1) is 0 Å². The first-order chi connectivity index (χ1) is 14.9. The van der Waals surface area contributed by atoms with Gasteiger partial charge in [0.25, 0.3) is 0 Å².